The molecule has 0 atom stereocenters. The number of rotatable bonds is 0. The Labute approximate surface area is 90.2 Å². The molecule has 2 rings (SSSR count). The first kappa shape index (κ1) is 10.2. The fraction of sp³-hybridized carbons (Fsp3) is 0.636. The number of aliphatic imine (C=N–C) groups is 2. The summed E-state index contributed by atoms with van der Waals surface area (Å²) in [5.74, 6) is 0.880. The molecule has 0 aromatic heterocycles. The van der Waals surface area contributed by atoms with Crippen LogP contribution >= 0.6 is 0 Å². The maximum atomic E-state index is 5.34. The van der Waals surface area contributed by atoms with Crippen LogP contribution in [-0.4, -0.2) is 11.8 Å². The van der Waals surface area contributed by atoms with Crippen molar-refractivity contribution in [1.82, 2.24) is 0 Å². The average Bonchev–Trinajstić information content (AvgIpc) is 2.42. The summed E-state index contributed by atoms with van der Waals surface area (Å²) in [6.07, 6.45) is 4.25. The van der Waals surface area contributed by atoms with E-state index >= 15 is 0 Å². The Kier molecular flexibility index (Phi) is 2.29. The number of nitrogens with zero attached hydrogens (tertiary/aromatic N) is 2. The van der Waals surface area contributed by atoms with Gasteiger partial charge in [-0.1, -0.05) is 13.8 Å². The molecule has 0 aromatic carbocycles. The van der Waals surface area contributed by atoms with Crippen molar-refractivity contribution in [2.75, 3.05) is 0 Å². The van der Waals surface area contributed by atoms with Crippen LogP contribution in [0.1, 0.15) is 39.5 Å². The molecular weight excluding hydrogens is 188 g/mol. The molecule has 0 aromatic rings. The number of guanidine groups is 1. The normalized spacial score (nSPS) is 23.5. The zero-order valence-corrected chi connectivity index (χ0v) is 9.38. The molecule has 1 heterocycles. The summed E-state index contributed by atoms with van der Waals surface area (Å²) in [7, 11) is 0. The lowest BCUT2D eigenvalue weighted by Gasteiger charge is -2.29. The molecule has 2 aliphatic rings. The van der Waals surface area contributed by atoms with E-state index in [1.165, 1.54) is 17.7 Å². The summed E-state index contributed by atoms with van der Waals surface area (Å²) >= 11 is 0. The van der Waals surface area contributed by atoms with Crippen LogP contribution in [0.5, 0.6) is 0 Å². The van der Waals surface area contributed by atoms with E-state index in [4.69, 9.17) is 11.5 Å². The molecule has 0 spiro atoms. The summed E-state index contributed by atoms with van der Waals surface area (Å²) in [5, 5.41) is 0. The minimum absolute atomic E-state index is 0.104. The molecule has 0 saturated carbocycles. The Morgan fingerprint density at radius 2 is 2.13 bits per heavy atom. The molecule has 82 valence electrons. The van der Waals surface area contributed by atoms with E-state index in [9.17, 15) is 0 Å². The van der Waals surface area contributed by atoms with E-state index in [0.29, 0.717) is 5.41 Å². The largest absolute Gasteiger partial charge is 0.370 e. The van der Waals surface area contributed by atoms with Crippen LogP contribution in [0.25, 0.3) is 0 Å². The Morgan fingerprint density at radius 3 is 2.80 bits per heavy atom. The summed E-state index contributed by atoms with van der Waals surface area (Å²) in [6.45, 7) is 4.57. The first-order valence-electron chi connectivity index (χ1n) is 5.34. The number of nitrogens with two attached hydrogens (primary N) is 2. The zero-order valence-electron chi connectivity index (χ0n) is 9.38. The van der Waals surface area contributed by atoms with Gasteiger partial charge in [0.15, 0.2) is 5.96 Å². The molecule has 0 radical (unpaired) electrons. The highest BCUT2D eigenvalue weighted by molar-refractivity contribution is 5.97. The molecule has 4 heteroatoms. The van der Waals surface area contributed by atoms with Gasteiger partial charge in [0.2, 0.25) is 0 Å². The van der Waals surface area contributed by atoms with E-state index in [-0.39, 0.29) is 5.96 Å². The Morgan fingerprint density at radius 1 is 1.40 bits per heavy atom. The van der Waals surface area contributed by atoms with Gasteiger partial charge in [0, 0.05) is 12.1 Å². The standard InChI is InChI=1S/C11H18N4/c1-11(2)4-3-7-5-9(15-10(12)13)14-8(7)6-11/h3-6H2,1-2H3,(H4,12,13,14,15). The number of amidine groups is 1. The van der Waals surface area contributed by atoms with E-state index in [1.807, 2.05) is 0 Å². The monoisotopic (exact) mass is 206 g/mol. The number of allylic oxidation sites excluding steroid dienone is 1. The van der Waals surface area contributed by atoms with E-state index in [1.54, 1.807) is 0 Å². The number of hydrogen-bond donors (Lipinski definition) is 2. The Bertz CT molecular complexity index is 370. The minimum atomic E-state index is 0.104. The third-order valence-corrected chi connectivity index (χ3v) is 3.05. The lowest BCUT2D eigenvalue weighted by atomic mass is 9.77. The predicted molar refractivity (Wildman–Crippen MR) is 62.5 cm³/mol. The summed E-state index contributed by atoms with van der Waals surface area (Å²) in [6, 6.07) is 0. The van der Waals surface area contributed by atoms with Crippen molar-refractivity contribution in [2.24, 2.45) is 26.9 Å². The second-order valence-electron chi connectivity index (χ2n) is 5.13. The first-order chi connectivity index (χ1) is 6.96. The van der Waals surface area contributed by atoms with Crippen molar-refractivity contribution < 1.29 is 0 Å². The van der Waals surface area contributed by atoms with Crippen molar-refractivity contribution in [3.63, 3.8) is 0 Å². The third-order valence-electron chi connectivity index (χ3n) is 3.05. The van der Waals surface area contributed by atoms with Gasteiger partial charge in [0.1, 0.15) is 5.84 Å². The molecule has 1 aliphatic heterocycles. The van der Waals surface area contributed by atoms with Crippen LogP contribution in [0.2, 0.25) is 0 Å². The van der Waals surface area contributed by atoms with Crippen LogP contribution in [0.15, 0.2) is 21.3 Å². The van der Waals surface area contributed by atoms with Gasteiger partial charge in [-0.3, -0.25) is 0 Å². The average molecular weight is 206 g/mol. The second-order valence-corrected chi connectivity index (χ2v) is 5.13. The lowest BCUT2D eigenvalue weighted by Crippen LogP contribution is -2.24. The van der Waals surface area contributed by atoms with Crippen LogP contribution < -0.4 is 11.5 Å². The number of hydrogen-bond acceptors (Lipinski definition) is 2. The highest BCUT2D eigenvalue weighted by Gasteiger charge is 2.30. The summed E-state index contributed by atoms with van der Waals surface area (Å²) < 4.78 is 0. The maximum Gasteiger partial charge on any atom is 0.192 e. The molecule has 1 aliphatic carbocycles. The smallest absolute Gasteiger partial charge is 0.192 e. The molecule has 0 fully saturated rings. The first-order valence-corrected chi connectivity index (χ1v) is 5.34. The van der Waals surface area contributed by atoms with E-state index in [2.05, 4.69) is 23.8 Å². The van der Waals surface area contributed by atoms with E-state index in [0.717, 1.165) is 25.1 Å². The molecule has 4 N–H and O–H groups in total. The highest BCUT2D eigenvalue weighted by atomic mass is 15.0. The SMILES string of the molecule is CC1(C)CCC2=C(C1)N=C(N=C(N)N)C2. The summed E-state index contributed by atoms with van der Waals surface area (Å²) in [4.78, 5) is 8.52. The van der Waals surface area contributed by atoms with Crippen LogP contribution in [-0.2, 0) is 0 Å². The maximum absolute atomic E-state index is 5.34. The Balaban J connectivity index is 2.16. The highest BCUT2D eigenvalue weighted by Crippen LogP contribution is 2.42. The molecular formula is C11H18N4. The topological polar surface area (TPSA) is 76.8 Å². The van der Waals surface area contributed by atoms with Gasteiger partial charge >= 0.3 is 0 Å². The van der Waals surface area contributed by atoms with Crippen LogP contribution in [0.3, 0.4) is 0 Å². The lowest BCUT2D eigenvalue weighted by molar-refractivity contribution is 0.313. The van der Waals surface area contributed by atoms with Gasteiger partial charge in [-0.05, 0) is 30.3 Å². The van der Waals surface area contributed by atoms with Crippen molar-refractivity contribution in [3.8, 4) is 0 Å². The van der Waals surface area contributed by atoms with Crippen molar-refractivity contribution in [1.29, 1.82) is 0 Å². The van der Waals surface area contributed by atoms with Gasteiger partial charge < -0.3 is 11.5 Å². The molecule has 15 heavy (non-hydrogen) atoms. The zero-order chi connectivity index (χ0) is 11.1. The molecule has 4 nitrogen and oxygen atoms in total. The quantitative estimate of drug-likeness (QED) is 0.465. The molecule has 0 unspecified atom stereocenters. The van der Waals surface area contributed by atoms with Crippen molar-refractivity contribution in [3.05, 3.63) is 11.3 Å². The van der Waals surface area contributed by atoms with Crippen LogP contribution in [0, 0.1) is 5.41 Å². The van der Waals surface area contributed by atoms with Gasteiger partial charge in [-0.2, -0.15) is 4.99 Å². The van der Waals surface area contributed by atoms with Crippen molar-refractivity contribution in [2.45, 2.75) is 39.5 Å². The molecule has 0 amide bonds. The van der Waals surface area contributed by atoms with Gasteiger partial charge in [0.05, 0.1) is 0 Å². The predicted octanol–water partition coefficient (Wildman–Crippen LogP) is 1.53. The third kappa shape index (κ3) is 2.19. The fourth-order valence-corrected chi connectivity index (χ4v) is 2.21. The van der Waals surface area contributed by atoms with Crippen LogP contribution in [0.4, 0.5) is 0 Å². The van der Waals surface area contributed by atoms with Gasteiger partial charge in [0.25, 0.3) is 0 Å². The molecule has 0 saturated heterocycles. The Hall–Kier alpha value is -1.32. The van der Waals surface area contributed by atoms with E-state index < -0.39 is 0 Å². The molecule has 0 bridgehead atoms. The fourth-order valence-electron chi connectivity index (χ4n) is 2.21. The van der Waals surface area contributed by atoms with Crippen molar-refractivity contribution >= 4 is 11.8 Å². The van der Waals surface area contributed by atoms with Gasteiger partial charge in [-0.25, -0.2) is 4.99 Å². The summed E-state index contributed by atoms with van der Waals surface area (Å²) in [5.41, 5.74) is 13.7. The minimum Gasteiger partial charge on any atom is -0.370 e. The van der Waals surface area contributed by atoms with Gasteiger partial charge in [-0.15, -0.1) is 0 Å². The second kappa shape index (κ2) is 3.36.